The average molecular weight is 345 g/mol. The van der Waals surface area contributed by atoms with E-state index in [4.69, 9.17) is 9.47 Å². The molecular weight excluding hydrogens is 318 g/mol. The van der Waals surface area contributed by atoms with Gasteiger partial charge in [0.1, 0.15) is 5.75 Å². The molecule has 1 N–H and O–H groups in total. The molecule has 1 spiro atoms. The topological polar surface area (TPSA) is 59.0 Å². The quantitative estimate of drug-likeness (QED) is 0.852. The van der Waals surface area contributed by atoms with E-state index in [9.17, 15) is 9.90 Å². The fraction of sp³-hybridized carbons (Fsp3) is 0.550. The molecule has 3 rings (SSSR count). The number of piperidine rings is 1. The number of allylic oxidation sites excluding steroid dienone is 1. The van der Waals surface area contributed by atoms with E-state index < -0.39 is 11.7 Å². The summed E-state index contributed by atoms with van der Waals surface area (Å²) in [5.74, 6) is 0.792. The minimum absolute atomic E-state index is 0.0214. The van der Waals surface area contributed by atoms with E-state index in [-0.39, 0.29) is 5.91 Å². The monoisotopic (exact) mass is 345 g/mol. The van der Waals surface area contributed by atoms with Crippen LogP contribution in [0.1, 0.15) is 41.6 Å². The van der Waals surface area contributed by atoms with Crippen molar-refractivity contribution in [3.8, 4) is 5.75 Å². The molecule has 0 aromatic heterocycles. The van der Waals surface area contributed by atoms with E-state index in [1.807, 2.05) is 23.1 Å². The van der Waals surface area contributed by atoms with Crippen molar-refractivity contribution in [3.05, 3.63) is 42.0 Å². The number of amides is 1. The lowest BCUT2D eigenvalue weighted by molar-refractivity contribution is -0.174. The van der Waals surface area contributed by atoms with Gasteiger partial charge in [0.2, 0.25) is 0 Å². The number of aliphatic hydroxyl groups excluding tert-OH is 1. The first-order valence-electron chi connectivity index (χ1n) is 8.99. The molecule has 1 amide bonds. The van der Waals surface area contributed by atoms with Gasteiger partial charge < -0.3 is 19.5 Å². The normalized spacial score (nSPS) is 22.6. The molecule has 1 aromatic carbocycles. The van der Waals surface area contributed by atoms with Crippen LogP contribution in [0.5, 0.6) is 5.75 Å². The molecule has 2 heterocycles. The van der Waals surface area contributed by atoms with Gasteiger partial charge in [0.05, 0.1) is 18.8 Å². The zero-order valence-corrected chi connectivity index (χ0v) is 14.9. The first-order chi connectivity index (χ1) is 12.1. The summed E-state index contributed by atoms with van der Waals surface area (Å²) < 4.78 is 11.3. The van der Waals surface area contributed by atoms with Gasteiger partial charge in [-0.25, -0.2) is 0 Å². The summed E-state index contributed by atoms with van der Waals surface area (Å²) in [6.45, 7) is 5.69. The number of methoxy groups -OCH3 is 1. The Balaban J connectivity index is 1.70. The number of likely N-dealkylation sites (tertiary alicyclic amines) is 1. The molecule has 2 aliphatic heterocycles. The third-order valence-corrected chi connectivity index (χ3v) is 5.41. The average Bonchev–Trinajstić information content (AvgIpc) is 2.64. The second-order valence-corrected chi connectivity index (χ2v) is 6.88. The molecule has 0 aliphatic carbocycles. The van der Waals surface area contributed by atoms with Gasteiger partial charge in [-0.3, -0.25) is 4.79 Å². The molecule has 2 aliphatic rings. The van der Waals surface area contributed by atoms with Crippen molar-refractivity contribution in [3.63, 3.8) is 0 Å². The van der Waals surface area contributed by atoms with Crippen LogP contribution in [0.4, 0.5) is 0 Å². The maximum atomic E-state index is 12.9. The molecule has 0 saturated carbocycles. The van der Waals surface area contributed by atoms with Crippen LogP contribution >= 0.6 is 0 Å². The Labute approximate surface area is 149 Å². The van der Waals surface area contributed by atoms with Gasteiger partial charge in [-0.2, -0.15) is 0 Å². The van der Waals surface area contributed by atoms with Gasteiger partial charge in [-0.1, -0.05) is 6.08 Å². The van der Waals surface area contributed by atoms with Crippen molar-refractivity contribution >= 4 is 5.91 Å². The standard InChI is InChI=1S/C20H27NO4/c1-3-5-15-14-16(7-8-17(15)24-2)19(23)21-11-9-20(10-12-21)18(22)6-4-13-25-20/h3,7-8,14,18,22H,1,4-6,9-13H2,2H3/t18-/m1/s1. The number of benzene rings is 1. The van der Waals surface area contributed by atoms with E-state index in [1.54, 1.807) is 13.2 Å². The van der Waals surface area contributed by atoms with Gasteiger partial charge in [0.15, 0.2) is 0 Å². The lowest BCUT2D eigenvalue weighted by atomic mass is 9.82. The zero-order chi connectivity index (χ0) is 17.9. The van der Waals surface area contributed by atoms with Crippen molar-refractivity contribution in [2.75, 3.05) is 26.8 Å². The first kappa shape index (κ1) is 18.0. The molecule has 5 heteroatoms. The predicted molar refractivity (Wildman–Crippen MR) is 96.0 cm³/mol. The molecule has 5 nitrogen and oxygen atoms in total. The Hall–Kier alpha value is -1.85. The van der Waals surface area contributed by atoms with Gasteiger partial charge in [0, 0.05) is 25.3 Å². The van der Waals surface area contributed by atoms with E-state index in [0.717, 1.165) is 24.2 Å². The number of aliphatic hydroxyl groups is 1. The number of hydrogen-bond donors (Lipinski definition) is 1. The number of rotatable bonds is 4. The van der Waals surface area contributed by atoms with Crippen molar-refractivity contribution in [2.45, 2.75) is 43.8 Å². The van der Waals surface area contributed by atoms with Crippen LogP contribution in [0.2, 0.25) is 0 Å². The maximum Gasteiger partial charge on any atom is 0.253 e. The Morgan fingerprint density at radius 2 is 2.24 bits per heavy atom. The second kappa shape index (κ2) is 7.58. The minimum Gasteiger partial charge on any atom is -0.496 e. The van der Waals surface area contributed by atoms with Crippen LogP contribution in [-0.2, 0) is 11.2 Å². The van der Waals surface area contributed by atoms with Crippen molar-refractivity contribution in [1.29, 1.82) is 0 Å². The van der Waals surface area contributed by atoms with E-state index in [2.05, 4.69) is 6.58 Å². The van der Waals surface area contributed by atoms with Crippen molar-refractivity contribution < 1.29 is 19.4 Å². The molecule has 0 unspecified atom stereocenters. The summed E-state index contributed by atoms with van der Waals surface area (Å²) in [5, 5.41) is 10.3. The molecule has 0 radical (unpaired) electrons. The highest BCUT2D eigenvalue weighted by atomic mass is 16.5. The highest BCUT2D eigenvalue weighted by Crippen LogP contribution is 2.35. The minimum atomic E-state index is -0.455. The summed E-state index contributed by atoms with van der Waals surface area (Å²) in [6.07, 6.45) is 5.12. The van der Waals surface area contributed by atoms with E-state index in [1.165, 1.54) is 0 Å². The Morgan fingerprint density at radius 3 is 2.88 bits per heavy atom. The van der Waals surface area contributed by atoms with Gasteiger partial charge in [0.25, 0.3) is 5.91 Å². The van der Waals surface area contributed by atoms with Crippen LogP contribution in [0.25, 0.3) is 0 Å². The number of nitrogens with zero attached hydrogens (tertiary/aromatic N) is 1. The SMILES string of the molecule is C=CCc1cc(C(=O)N2CCC3(CC2)OCCC[C@H]3O)ccc1OC. The summed E-state index contributed by atoms with van der Waals surface area (Å²) in [4.78, 5) is 14.7. The summed E-state index contributed by atoms with van der Waals surface area (Å²) in [5.41, 5.74) is 1.17. The Kier molecular flexibility index (Phi) is 5.45. The number of carbonyl (C=O) groups excluding carboxylic acids is 1. The van der Waals surface area contributed by atoms with Crippen molar-refractivity contribution in [1.82, 2.24) is 4.90 Å². The summed E-state index contributed by atoms with van der Waals surface area (Å²) in [7, 11) is 1.63. The second-order valence-electron chi connectivity index (χ2n) is 6.88. The van der Waals surface area contributed by atoms with Crippen LogP contribution in [0.3, 0.4) is 0 Å². The van der Waals surface area contributed by atoms with Crippen LogP contribution in [-0.4, -0.2) is 54.4 Å². The molecule has 1 aromatic rings. The third kappa shape index (κ3) is 3.58. The number of hydrogen-bond acceptors (Lipinski definition) is 4. The molecular formula is C20H27NO4. The molecule has 1 atom stereocenters. The maximum absolute atomic E-state index is 12.9. The lowest BCUT2D eigenvalue weighted by Gasteiger charge is -2.46. The smallest absolute Gasteiger partial charge is 0.253 e. The van der Waals surface area contributed by atoms with Crippen molar-refractivity contribution in [2.24, 2.45) is 0 Å². The third-order valence-electron chi connectivity index (χ3n) is 5.41. The molecule has 2 fully saturated rings. The first-order valence-corrected chi connectivity index (χ1v) is 8.99. The van der Waals surface area contributed by atoms with Crippen LogP contribution in [0.15, 0.2) is 30.9 Å². The molecule has 136 valence electrons. The highest BCUT2D eigenvalue weighted by Gasteiger charge is 2.44. The number of ether oxygens (including phenoxy) is 2. The van der Waals surface area contributed by atoms with E-state index in [0.29, 0.717) is 44.5 Å². The Morgan fingerprint density at radius 1 is 1.48 bits per heavy atom. The van der Waals surface area contributed by atoms with Gasteiger partial charge in [-0.05, 0) is 55.9 Å². The lowest BCUT2D eigenvalue weighted by Crippen LogP contribution is -2.56. The molecule has 0 bridgehead atoms. The fourth-order valence-corrected chi connectivity index (χ4v) is 3.89. The molecule has 25 heavy (non-hydrogen) atoms. The Bertz CT molecular complexity index is 635. The summed E-state index contributed by atoms with van der Waals surface area (Å²) in [6, 6.07) is 5.54. The van der Waals surface area contributed by atoms with Crippen LogP contribution in [0, 0.1) is 0 Å². The van der Waals surface area contributed by atoms with Gasteiger partial charge in [-0.15, -0.1) is 6.58 Å². The highest BCUT2D eigenvalue weighted by molar-refractivity contribution is 5.94. The van der Waals surface area contributed by atoms with Crippen LogP contribution < -0.4 is 4.74 Å². The fourth-order valence-electron chi connectivity index (χ4n) is 3.89. The summed E-state index contributed by atoms with van der Waals surface area (Å²) >= 11 is 0. The van der Waals surface area contributed by atoms with Gasteiger partial charge >= 0.3 is 0 Å². The zero-order valence-electron chi connectivity index (χ0n) is 14.9. The van der Waals surface area contributed by atoms with E-state index >= 15 is 0 Å². The predicted octanol–water partition coefficient (Wildman–Crippen LogP) is 2.57. The molecule has 2 saturated heterocycles. The number of carbonyl (C=O) groups is 1. The largest absolute Gasteiger partial charge is 0.496 e.